The molecule has 0 atom stereocenters. The number of likely N-dealkylation sites (N-methyl/N-ethyl adjacent to an activating group) is 2. The molecule has 0 aliphatic rings. The fourth-order valence-electron chi connectivity index (χ4n) is 0.986. The Labute approximate surface area is 146 Å². The van der Waals surface area contributed by atoms with Crippen molar-refractivity contribution in [3.05, 3.63) is 24.3 Å². The van der Waals surface area contributed by atoms with Crippen LogP contribution in [0.1, 0.15) is 27.7 Å². The number of carbonyl (C=O) groups is 2. The largest absolute Gasteiger partial charge is 3.00 e. The van der Waals surface area contributed by atoms with E-state index in [1.165, 1.54) is 0 Å². The Bertz CT molecular complexity index is 261. The molecule has 130 valence electrons. The van der Waals surface area contributed by atoms with Crippen LogP contribution in [0.25, 0.3) is 0 Å². The Kier molecular flexibility index (Phi) is 55.0. The van der Waals surface area contributed by atoms with E-state index in [4.69, 9.17) is 0 Å². The minimum atomic E-state index is 0. The predicted octanol–water partition coefficient (Wildman–Crippen LogP) is -7.51. The first kappa shape index (κ1) is 37.5. The smallest absolute Gasteiger partial charge is 1.00 e. The number of carbonyl (C=O) groups excluding carboxylic acids is 2. The fraction of sp³-hybridized carbons (Fsp3) is 0.571. The van der Waals surface area contributed by atoms with Gasteiger partial charge in [-0.2, -0.15) is 0 Å². The molecule has 0 aliphatic carbocycles. The van der Waals surface area contributed by atoms with E-state index in [9.17, 15) is 9.59 Å². The first-order chi connectivity index (χ1) is 8.62. The molecular weight excluding hydrogens is 378 g/mol. The average Bonchev–Trinajstić information content (AvgIpc) is 2.35. The molecule has 0 amide bonds. The number of hydrogen-bond donors (Lipinski definition) is 2. The van der Waals surface area contributed by atoms with Crippen LogP contribution in [0.15, 0.2) is 24.3 Å². The third kappa shape index (κ3) is 36.5. The molecule has 0 unspecified atom stereocenters. The third-order valence-electron chi connectivity index (χ3n) is 1.80. The van der Waals surface area contributed by atoms with Crippen molar-refractivity contribution >= 4 is 11.6 Å². The molecule has 0 spiro atoms. The minimum Gasteiger partial charge on any atom is -1.00 e. The molecule has 0 fully saturated rings. The maximum atomic E-state index is 10.7. The van der Waals surface area contributed by atoms with Gasteiger partial charge in [-0.15, -0.1) is 0 Å². The molecule has 0 saturated heterocycles. The Morgan fingerprint density at radius 1 is 0.773 bits per heavy atom. The van der Waals surface area contributed by atoms with Gasteiger partial charge >= 0.3 is 22.4 Å². The fourth-order valence-corrected chi connectivity index (χ4v) is 0.986. The van der Waals surface area contributed by atoms with Crippen LogP contribution in [-0.2, 0) is 32.0 Å². The topological polar surface area (TPSA) is 58.2 Å². The van der Waals surface area contributed by atoms with Crippen molar-refractivity contribution in [2.75, 3.05) is 26.2 Å². The summed E-state index contributed by atoms with van der Waals surface area (Å²) in [6, 6.07) is 0. The van der Waals surface area contributed by atoms with Crippen LogP contribution < -0.4 is 24.7 Å². The predicted molar refractivity (Wildman–Crippen MR) is 76.7 cm³/mol. The van der Waals surface area contributed by atoms with Crippen molar-refractivity contribution in [1.29, 1.82) is 0 Å². The summed E-state index contributed by atoms with van der Waals surface area (Å²) < 4.78 is 0. The summed E-state index contributed by atoms with van der Waals surface area (Å²) >= 11 is 0. The van der Waals surface area contributed by atoms with Gasteiger partial charge in [0, 0.05) is 0 Å². The summed E-state index contributed by atoms with van der Waals surface area (Å²) in [4.78, 5) is 21.3. The van der Waals surface area contributed by atoms with Gasteiger partial charge in [-0.05, 0) is 39.1 Å². The van der Waals surface area contributed by atoms with Crippen LogP contribution in [0, 0.1) is 0 Å². The molecule has 0 aromatic rings. The Hall–Kier alpha value is -0.730. The van der Waals surface area contributed by atoms with Crippen LogP contribution in [0.3, 0.4) is 0 Å². The molecule has 0 aromatic heterocycles. The number of halogens is 3. The molecule has 4 nitrogen and oxygen atoms in total. The molecule has 8 heteroatoms. The Morgan fingerprint density at radius 2 is 1.05 bits per heavy atom. The molecule has 0 aromatic carbocycles. The van der Waals surface area contributed by atoms with Gasteiger partial charge in [0.25, 0.3) is 0 Å². The van der Waals surface area contributed by atoms with Crippen molar-refractivity contribution in [3.8, 4) is 0 Å². The van der Waals surface area contributed by atoms with E-state index in [-0.39, 0.29) is 48.1 Å². The maximum absolute atomic E-state index is 10.7. The normalized spacial score (nSPS) is 8.55. The van der Waals surface area contributed by atoms with Crippen LogP contribution in [-0.4, -0.2) is 37.7 Å². The van der Waals surface area contributed by atoms with Crippen molar-refractivity contribution < 1.29 is 46.1 Å². The van der Waals surface area contributed by atoms with Gasteiger partial charge in [0.1, 0.15) is 0 Å². The zero-order valence-electron chi connectivity index (χ0n) is 13.5. The van der Waals surface area contributed by atoms with Crippen LogP contribution >= 0.6 is 0 Å². The van der Waals surface area contributed by atoms with Crippen LogP contribution in [0.5, 0.6) is 0 Å². The van der Waals surface area contributed by atoms with Gasteiger partial charge in [-0.25, -0.2) is 0 Å². The van der Waals surface area contributed by atoms with Crippen molar-refractivity contribution in [2.45, 2.75) is 27.7 Å². The van der Waals surface area contributed by atoms with Crippen molar-refractivity contribution in [2.24, 2.45) is 0 Å². The third-order valence-corrected chi connectivity index (χ3v) is 1.80. The van der Waals surface area contributed by atoms with Gasteiger partial charge < -0.3 is 24.7 Å². The standard InChI is InChI=1S/2C7H13NO.3FH.Nb/c2*1-3-5-7(9)6-8-4-2;;;;/h2*3,5,8H,4,6H2,1-2H3;3*1H;/q;;;;;+3/p-3. The van der Waals surface area contributed by atoms with E-state index in [1.54, 1.807) is 24.3 Å². The summed E-state index contributed by atoms with van der Waals surface area (Å²) in [6.07, 6.45) is 6.64. The molecule has 0 heterocycles. The SMILES string of the molecule is CC=CC(=O)CNCC.CC=CC(=O)CNCC.[F-].[F-].[F-].[Nb+3]. The number of hydrogen-bond acceptors (Lipinski definition) is 4. The molecule has 0 rings (SSSR count). The first-order valence-corrected chi connectivity index (χ1v) is 6.34. The summed E-state index contributed by atoms with van der Waals surface area (Å²) in [6.45, 7) is 10.2. The second kappa shape index (κ2) is 32.3. The summed E-state index contributed by atoms with van der Waals surface area (Å²) in [5, 5.41) is 5.86. The molecular formula is C14H26F3N2NbO2. The summed E-state index contributed by atoms with van der Waals surface area (Å²) in [5.41, 5.74) is 0. The van der Waals surface area contributed by atoms with Gasteiger partial charge in [0.05, 0.1) is 13.1 Å². The number of nitrogens with one attached hydrogen (secondary N) is 2. The van der Waals surface area contributed by atoms with Crippen LogP contribution in [0.4, 0.5) is 0 Å². The van der Waals surface area contributed by atoms with Gasteiger partial charge in [0.15, 0.2) is 11.6 Å². The number of ketones is 2. The zero-order chi connectivity index (χ0) is 14.2. The minimum absolute atomic E-state index is 0. The Balaban J connectivity index is -0.0000000492. The Morgan fingerprint density at radius 3 is 1.23 bits per heavy atom. The quantitative estimate of drug-likeness (QED) is 0.312. The first-order valence-electron chi connectivity index (χ1n) is 6.34. The van der Waals surface area contributed by atoms with Crippen molar-refractivity contribution in [3.63, 3.8) is 0 Å². The van der Waals surface area contributed by atoms with E-state index in [1.807, 2.05) is 27.7 Å². The van der Waals surface area contributed by atoms with E-state index in [2.05, 4.69) is 10.6 Å². The average molecular weight is 404 g/mol. The second-order valence-corrected chi connectivity index (χ2v) is 3.49. The van der Waals surface area contributed by atoms with E-state index in [0.29, 0.717) is 13.1 Å². The molecule has 0 radical (unpaired) electrons. The molecule has 0 bridgehead atoms. The van der Waals surface area contributed by atoms with Gasteiger partial charge in [-0.3, -0.25) is 9.59 Å². The van der Waals surface area contributed by atoms with Crippen molar-refractivity contribution in [1.82, 2.24) is 10.6 Å². The number of allylic oxidation sites excluding steroid dienone is 2. The van der Waals surface area contributed by atoms with Crippen LogP contribution in [0.2, 0.25) is 0 Å². The molecule has 0 aliphatic heterocycles. The molecule has 2 N–H and O–H groups in total. The molecule has 0 saturated carbocycles. The maximum Gasteiger partial charge on any atom is 3.00 e. The zero-order valence-corrected chi connectivity index (χ0v) is 15.7. The van der Waals surface area contributed by atoms with E-state index >= 15 is 0 Å². The summed E-state index contributed by atoms with van der Waals surface area (Å²) in [7, 11) is 0. The van der Waals surface area contributed by atoms with E-state index in [0.717, 1.165) is 13.1 Å². The van der Waals surface area contributed by atoms with Gasteiger partial charge in [0.2, 0.25) is 0 Å². The summed E-state index contributed by atoms with van der Waals surface area (Å²) in [5.74, 6) is 0.277. The monoisotopic (exact) mass is 404 g/mol. The second-order valence-electron chi connectivity index (χ2n) is 3.49. The van der Waals surface area contributed by atoms with Gasteiger partial charge in [-0.1, -0.05) is 26.0 Å². The number of rotatable bonds is 8. The van der Waals surface area contributed by atoms with E-state index < -0.39 is 0 Å². The molecule has 22 heavy (non-hydrogen) atoms.